The van der Waals surface area contributed by atoms with E-state index in [0.717, 1.165) is 5.56 Å². The molecule has 118 valence electrons. The molecule has 2 rings (SSSR count). The van der Waals surface area contributed by atoms with Gasteiger partial charge in [-0.25, -0.2) is 8.42 Å². The van der Waals surface area contributed by atoms with Gasteiger partial charge in [0.15, 0.2) is 0 Å². The maximum Gasteiger partial charge on any atom is 0.244 e. The zero-order valence-corrected chi connectivity index (χ0v) is 13.7. The molecule has 0 spiro atoms. The highest BCUT2D eigenvalue weighted by atomic mass is 35.5. The summed E-state index contributed by atoms with van der Waals surface area (Å²) < 4.78 is 37.3. The SMILES string of the molecule is COC1CN(S(=O)(=O)c2cc(N)c(C)cc2Cl)CC1OC. The van der Waals surface area contributed by atoms with Crippen molar-refractivity contribution in [3.8, 4) is 0 Å². The lowest BCUT2D eigenvalue weighted by Crippen LogP contribution is -2.30. The van der Waals surface area contributed by atoms with Gasteiger partial charge >= 0.3 is 0 Å². The van der Waals surface area contributed by atoms with Crippen LogP contribution in [0.2, 0.25) is 5.02 Å². The van der Waals surface area contributed by atoms with Crippen LogP contribution in [-0.4, -0.2) is 52.2 Å². The van der Waals surface area contributed by atoms with E-state index in [2.05, 4.69) is 0 Å². The highest BCUT2D eigenvalue weighted by Gasteiger charge is 2.40. The number of nitrogens with zero attached hydrogens (tertiary/aromatic N) is 1. The molecule has 1 aromatic rings. The van der Waals surface area contributed by atoms with Crippen molar-refractivity contribution in [2.24, 2.45) is 0 Å². The van der Waals surface area contributed by atoms with Crippen LogP contribution in [0.5, 0.6) is 0 Å². The van der Waals surface area contributed by atoms with Crippen LogP contribution in [-0.2, 0) is 19.5 Å². The molecule has 1 heterocycles. The van der Waals surface area contributed by atoms with E-state index < -0.39 is 10.0 Å². The first-order valence-electron chi connectivity index (χ1n) is 6.42. The average Bonchev–Trinajstić information content (AvgIpc) is 2.86. The first kappa shape index (κ1) is 16.5. The molecular weight excluding hydrogens is 316 g/mol. The molecule has 21 heavy (non-hydrogen) atoms. The van der Waals surface area contributed by atoms with Crippen molar-refractivity contribution in [2.45, 2.75) is 24.0 Å². The minimum atomic E-state index is -3.73. The topological polar surface area (TPSA) is 81.9 Å². The normalized spacial score (nSPS) is 23.6. The van der Waals surface area contributed by atoms with Gasteiger partial charge in [-0.15, -0.1) is 0 Å². The Morgan fingerprint density at radius 1 is 1.24 bits per heavy atom. The Labute approximate surface area is 129 Å². The Hall–Kier alpha value is -0.860. The molecule has 6 nitrogen and oxygen atoms in total. The number of methoxy groups -OCH3 is 2. The first-order chi connectivity index (χ1) is 9.81. The molecular formula is C13H19ClN2O4S. The first-order valence-corrected chi connectivity index (χ1v) is 8.24. The third kappa shape index (κ3) is 3.02. The largest absolute Gasteiger partial charge is 0.398 e. The zero-order chi connectivity index (χ0) is 15.8. The van der Waals surface area contributed by atoms with E-state index in [1.54, 1.807) is 13.0 Å². The lowest BCUT2D eigenvalue weighted by molar-refractivity contribution is -0.00461. The van der Waals surface area contributed by atoms with Crippen molar-refractivity contribution in [3.63, 3.8) is 0 Å². The van der Waals surface area contributed by atoms with Gasteiger partial charge in [0.2, 0.25) is 10.0 Å². The molecule has 2 N–H and O–H groups in total. The van der Waals surface area contributed by atoms with E-state index in [4.69, 9.17) is 26.8 Å². The summed E-state index contributed by atoms with van der Waals surface area (Å²) in [5.74, 6) is 0. The predicted molar refractivity (Wildman–Crippen MR) is 81.0 cm³/mol. The molecule has 0 radical (unpaired) electrons. The van der Waals surface area contributed by atoms with Crippen LogP contribution in [0.25, 0.3) is 0 Å². The minimum Gasteiger partial charge on any atom is -0.398 e. The maximum atomic E-state index is 12.7. The van der Waals surface area contributed by atoms with Crippen LogP contribution in [0.15, 0.2) is 17.0 Å². The molecule has 8 heteroatoms. The van der Waals surface area contributed by atoms with E-state index >= 15 is 0 Å². The fourth-order valence-corrected chi connectivity index (χ4v) is 4.42. The van der Waals surface area contributed by atoms with Crippen molar-refractivity contribution in [1.29, 1.82) is 0 Å². The number of ether oxygens (including phenoxy) is 2. The Morgan fingerprint density at radius 3 is 2.24 bits per heavy atom. The van der Waals surface area contributed by atoms with E-state index in [-0.39, 0.29) is 35.2 Å². The van der Waals surface area contributed by atoms with Gasteiger partial charge < -0.3 is 15.2 Å². The number of nitrogen functional groups attached to an aromatic ring is 1. The standard InChI is InChI=1S/C13H19ClN2O4S/c1-8-4-9(14)13(5-10(8)15)21(17,18)16-6-11(19-2)12(7-16)20-3/h4-5,11-12H,6-7,15H2,1-3H3. The number of anilines is 1. The van der Waals surface area contributed by atoms with Crippen LogP contribution in [0, 0.1) is 6.92 Å². The van der Waals surface area contributed by atoms with Gasteiger partial charge in [-0.2, -0.15) is 4.31 Å². The van der Waals surface area contributed by atoms with Gasteiger partial charge in [0, 0.05) is 33.0 Å². The summed E-state index contributed by atoms with van der Waals surface area (Å²) in [7, 11) is -0.670. The van der Waals surface area contributed by atoms with Gasteiger partial charge in [0.05, 0.1) is 17.2 Å². The average molecular weight is 335 g/mol. The van der Waals surface area contributed by atoms with E-state index in [1.807, 2.05) is 0 Å². The second-order valence-corrected chi connectivity index (χ2v) is 7.32. The van der Waals surface area contributed by atoms with Crippen LogP contribution in [0.4, 0.5) is 5.69 Å². The molecule has 1 aliphatic heterocycles. The zero-order valence-electron chi connectivity index (χ0n) is 12.2. The Morgan fingerprint density at radius 2 is 1.76 bits per heavy atom. The molecule has 2 atom stereocenters. The molecule has 0 saturated carbocycles. The number of rotatable bonds is 4. The summed E-state index contributed by atoms with van der Waals surface area (Å²) in [4.78, 5) is 0.0128. The fourth-order valence-electron chi connectivity index (χ4n) is 2.37. The number of nitrogens with two attached hydrogens (primary N) is 1. The third-order valence-corrected chi connectivity index (χ3v) is 6.02. The van der Waals surface area contributed by atoms with E-state index in [1.165, 1.54) is 24.6 Å². The van der Waals surface area contributed by atoms with E-state index in [9.17, 15) is 8.42 Å². The van der Waals surface area contributed by atoms with Crippen molar-refractivity contribution in [2.75, 3.05) is 33.0 Å². The molecule has 0 amide bonds. The molecule has 2 unspecified atom stereocenters. The van der Waals surface area contributed by atoms with Crippen LogP contribution in [0.1, 0.15) is 5.56 Å². The lowest BCUT2D eigenvalue weighted by atomic mass is 10.2. The molecule has 0 bridgehead atoms. The highest BCUT2D eigenvalue weighted by molar-refractivity contribution is 7.89. The highest BCUT2D eigenvalue weighted by Crippen LogP contribution is 2.31. The van der Waals surface area contributed by atoms with Gasteiger partial charge in [0.25, 0.3) is 0 Å². The number of sulfonamides is 1. The molecule has 1 saturated heterocycles. The fraction of sp³-hybridized carbons (Fsp3) is 0.538. The Kier molecular flexibility index (Phi) is 4.79. The van der Waals surface area contributed by atoms with Crippen molar-refractivity contribution < 1.29 is 17.9 Å². The van der Waals surface area contributed by atoms with Crippen LogP contribution in [0.3, 0.4) is 0 Å². The van der Waals surface area contributed by atoms with Gasteiger partial charge in [-0.05, 0) is 24.6 Å². The monoisotopic (exact) mass is 334 g/mol. The lowest BCUT2D eigenvalue weighted by Gasteiger charge is -2.17. The molecule has 0 aliphatic carbocycles. The number of hydrogen-bond acceptors (Lipinski definition) is 5. The number of aryl methyl sites for hydroxylation is 1. The van der Waals surface area contributed by atoms with Gasteiger partial charge in [-0.1, -0.05) is 11.6 Å². The minimum absolute atomic E-state index is 0.0128. The van der Waals surface area contributed by atoms with Gasteiger partial charge in [-0.3, -0.25) is 0 Å². The Balaban J connectivity index is 2.38. The van der Waals surface area contributed by atoms with Crippen LogP contribution >= 0.6 is 11.6 Å². The summed E-state index contributed by atoms with van der Waals surface area (Å²) >= 11 is 6.08. The summed E-state index contributed by atoms with van der Waals surface area (Å²) in [6.45, 7) is 2.22. The van der Waals surface area contributed by atoms with Gasteiger partial charge in [0.1, 0.15) is 4.90 Å². The van der Waals surface area contributed by atoms with E-state index in [0.29, 0.717) is 5.69 Å². The third-order valence-electron chi connectivity index (χ3n) is 3.73. The van der Waals surface area contributed by atoms with Crippen molar-refractivity contribution in [1.82, 2.24) is 4.31 Å². The second kappa shape index (κ2) is 6.10. The molecule has 0 aromatic heterocycles. The number of benzene rings is 1. The summed E-state index contributed by atoms with van der Waals surface area (Å²) in [5.41, 5.74) is 6.93. The summed E-state index contributed by atoms with van der Waals surface area (Å²) in [5, 5.41) is 0.163. The molecule has 1 aliphatic rings. The second-order valence-electron chi connectivity index (χ2n) is 5.01. The quantitative estimate of drug-likeness (QED) is 0.838. The van der Waals surface area contributed by atoms with Crippen molar-refractivity contribution in [3.05, 3.63) is 22.7 Å². The molecule has 1 fully saturated rings. The molecule has 1 aromatic carbocycles. The predicted octanol–water partition coefficient (Wildman–Crippen LogP) is 1.26. The van der Waals surface area contributed by atoms with Crippen LogP contribution < -0.4 is 5.73 Å². The Bertz CT molecular complexity index is 623. The van der Waals surface area contributed by atoms with Crippen molar-refractivity contribution >= 4 is 27.3 Å². The number of halogens is 1. The summed E-state index contributed by atoms with van der Waals surface area (Å²) in [6, 6.07) is 2.95. The summed E-state index contributed by atoms with van der Waals surface area (Å²) in [6.07, 6.45) is -0.599. The maximum absolute atomic E-state index is 12.7. The smallest absolute Gasteiger partial charge is 0.244 e. The number of hydrogen-bond donors (Lipinski definition) is 1.